The van der Waals surface area contributed by atoms with E-state index in [1.807, 2.05) is 6.07 Å². The van der Waals surface area contributed by atoms with E-state index < -0.39 is 0 Å². The van der Waals surface area contributed by atoms with Crippen LogP contribution in [0.2, 0.25) is 0 Å². The number of nitrogens with two attached hydrogens (primary N) is 1. The first-order chi connectivity index (χ1) is 10.1. The summed E-state index contributed by atoms with van der Waals surface area (Å²) in [5.41, 5.74) is 10.6. The summed E-state index contributed by atoms with van der Waals surface area (Å²) in [6, 6.07) is 6.16. The van der Waals surface area contributed by atoms with Crippen LogP contribution < -0.4 is 10.6 Å². The molecule has 0 amide bonds. The van der Waals surface area contributed by atoms with Gasteiger partial charge < -0.3 is 10.6 Å². The lowest BCUT2D eigenvalue weighted by molar-refractivity contribution is 0.859. The zero-order valence-electron chi connectivity index (χ0n) is 12.1. The maximum Gasteiger partial charge on any atom is 0.141 e. The van der Waals surface area contributed by atoms with Crippen LogP contribution in [0.15, 0.2) is 24.5 Å². The van der Waals surface area contributed by atoms with Crippen molar-refractivity contribution in [2.75, 3.05) is 10.6 Å². The van der Waals surface area contributed by atoms with Crippen molar-refractivity contribution in [1.82, 2.24) is 9.97 Å². The Hall–Kier alpha value is -2.14. The minimum Gasteiger partial charge on any atom is -0.399 e. The van der Waals surface area contributed by atoms with Crippen LogP contribution >= 0.6 is 11.3 Å². The van der Waals surface area contributed by atoms with Gasteiger partial charge in [0, 0.05) is 23.7 Å². The lowest BCUT2D eigenvalue weighted by Gasteiger charge is -2.17. The second-order valence-corrected chi connectivity index (χ2v) is 6.75. The molecule has 5 heteroatoms. The smallest absolute Gasteiger partial charge is 0.141 e. The fourth-order valence-electron chi connectivity index (χ4n) is 2.97. The van der Waals surface area contributed by atoms with Gasteiger partial charge in [0.1, 0.15) is 17.0 Å². The summed E-state index contributed by atoms with van der Waals surface area (Å²) in [5.74, 6) is 1.04. The number of nitrogens with zero attached hydrogens (tertiary/aromatic N) is 3. The molecule has 0 spiro atoms. The molecule has 3 heterocycles. The fourth-order valence-corrected chi connectivity index (χ4v) is 3.96. The molecule has 0 fully saturated rings. The van der Waals surface area contributed by atoms with Crippen LogP contribution in [-0.4, -0.2) is 9.97 Å². The maximum absolute atomic E-state index is 5.89. The van der Waals surface area contributed by atoms with Crippen LogP contribution in [0.4, 0.5) is 11.5 Å². The summed E-state index contributed by atoms with van der Waals surface area (Å²) in [6.45, 7) is 6.05. The molecule has 2 aromatic heterocycles. The predicted molar refractivity (Wildman–Crippen MR) is 87.6 cm³/mol. The first kappa shape index (κ1) is 12.6. The summed E-state index contributed by atoms with van der Waals surface area (Å²) >= 11 is 1.74. The molecule has 0 bridgehead atoms. The number of aryl methyl sites for hydroxylation is 2. The predicted octanol–water partition coefficient (Wildman–Crippen LogP) is 3.41. The molecule has 0 aliphatic carbocycles. The van der Waals surface area contributed by atoms with E-state index in [-0.39, 0.29) is 0 Å². The minimum atomic E-state index is 0.825. The highest BCUT2D eigenvalue weighted by atomic mass is 32.1. The zero-order chi connectivity index (χ0) is 14.6. The van der Waals surface area contributed by atoms with Gasteiger partial charge in [0.2, 0.25) is 0 Å². The molecule has 4 nitrogen and oxygen atoms in total. The van der Waals surface area contributed by atoms with Gasteiger partial charge in [0.05, 0.1) is 5.39 Å². The van der Waals surface area contributed by atoms with Gasteiger partial charge in [0.15, 0.2) is 0 Å². The number of aromatic nitrogens is 2. The van der Waals surface area contributed by atoms with Crippen molar-refractivity contribution in [3.63, 3.8) is 0 Å². The Morgan fingerprint density at radius 1 is 1.14 bits per heavy atom. The SMILES string of the molecule is Cc1sc2ncnc(N3Cc4ccc(N)cc4C3)c2c1C. The third-order valence-electron chi connectivity index (χ3n) is 4.20. The van der Waals surface area contributed by atoms with Gasteiger partial charge in [-0.1, -0.05) is 6.07 Å². The molecule has 4 rings (SSSR count). The third kappa shape index (κ3) is 1.88. The average molecular weight is 296 g/mol. The van der Waals surface area contributed by atoms with Crippen molar-refractivity contribution in [1.29, 1.82) is 0 Å². The Morgan fingerprint density at radius 3 is 2.81 bits per heavy atom. The van der Waals surface area contributed by atoms with Crippen LogP contribution in [0.1, 0.15) is 21.6 Å². The van der Waals surface area contributed by atoms with Crippen LogP contribution in [0.25, 0.3) is 10.2 Å². The number of hydrogen-bond acceptors (Lipinski definition) is 5. The van der Waals surface area contributed by atoms with E-state index in [4.69, 9.17) is 5.73 Å². The Morgan fingerprint density at radius 2 is 1.95 bits per heavy atom. The standard InChI is InChI=1S/C16H16N4S/c1-9-10(2)21-16-14(9)15(18-8-19-16)20-6-11-3-4-13(17)5-12(11)7-20/h3-5,8H,6-7,17H2,1-2H3. The lowest BCUT2D eigenvalue weighted by atomic mass is 10.1. The molecular formula is C16H16N4S. The molecule has 1 aromatic carbocycles. The molecule has 0 saturated heterocycles. The van der Waals surface area contributed by atoms with Crippen LogP contribution in [0.5, 0.6) is 0 Å². The van der Waals surface area contributed by atoms with Crippen LogP contribution in [0.3, 0.4) is 0 Å². The van der Waals surface area contributed by atoms with Gasteiger partial charge in [-0.15, -0.1) is 11.3 Å². The largest absolute Gasteiger partial charge is 0.399 e. The first-order valence-electron chi connectivity index (χ1n) is 6.96. The van der Waals surface area contributed by atoms with Crippen molar-refractivity contribution >= 4 is 33.1 Å². The van der Waals surface area contributed by atoms with Gasteiger partial charge in [-0.3, -0.25) is 0 Å². The Kier molecular flexibility index (Phi) is 2.65. The highest BCUT2D eigenvalue weighted by molar-refractivity contribution is 7.18. The van der Waals surface area contributed by atoms with E-state index in [9.17, 15) is 0 Å². The minimum absolute atomic E-state index is 0.825. The van der Waals surface area contributed by atoms with Crippen molar-refractivity contribution < 1.29 is 0 Å². The first-order valence-corrected chi connectivity index (χ1v) is 7.78. The number of fused-ring (bicyclic) bond motifs is 2. The fraction of sp³-hybridized carbons (Fsp3) is 0.250. The van der Waals surface area contributed by atoms with Crippen molar-refractivity contribution in [2.24, 2.45) is 0 Å². The molecule has 1 aliphatic rings. The topological polar surface area (TPSA) is 55.0 Å². The Bertz CT molecular complexity index is 853. The molecule has 0 atom stereocenters. The van der Waals surface area contributed by atoms with Gasteiger partial charge in [-0.2, -0.15) is 0 Å². The number of benzene rings is 1. The highest BCUT2D eigenvalue weighted by Crippen LogP contribution is 2.37. The van der Waals surface area contributed by atoms with Crippen molar-refractivity contribution in [3.05, 3.63) is 46.1 Å². The highest BCUT2D eigenvalue weighted by Gasteiger charge is 2.23. The molecule has 0 unspecified atom stereocenters. The Labute approximate surface area is 127 Å². The zero-order valence-corrected chi connectivity index (χ0v) is 12.9. The van der Waals surface area contributed by atoms with Crippen LogP contribution in [-0.2, 0) is 13.1 Å². The van der Waals surface area contributed by atoms with E-state index in [1.165, 1.54) is 27.0 Å². The molecule has 0 radical (unpaired) electrons. The van der Waals surface area contributed by atoms with Gasteiger partial charge in [0.25, 0.3) is 0 Å². The number of anilines is 2. The molecule has 2 N–H and O–H groups in total. The average Bonchev–Trinajstić information content (AvgIpc) is 3.00. The molecule has 106 valence electrons. The number of nitrogen functional groups attached to an aromatic ring is 1. The molecule has 3 aromatic rings. The van der Waals surface area contributed by atoms with E-state index in [0.29, 0.717) is 0 Å². The summed E-state index contributed by atoms with van der Waals surface area (Å²) in [7, 11) is 0. The summed E-state index contributed by atoms with van der Waals surface area (Å²) in [4.78, 5) is 13.7. The van der Waals surface area contributed by atoms with Crippen LogP contribution in [0, 0.1) is 13.8 Å². The Balaban J connectivity index is 1.82. The molecular weight excluding hydrogens is 280 g/mol. The quantitative estimate of drug-likeness (QED) is 0.699. The summed E-state index contributed by atoms with van der Waals surface area (Å²) in [6.07, 6.45) is 1.67. The second-order valence-electron chi connectivity index (χ2n) is 5.54. The molecule has 1 aliphatic heterocycles. The van der Waals surface area contributed by atoms with E-state index in [2.05, 4.69) is 40.8 Å². The second kappa shape index (κ2) is 4.43. The van der Waals surface area contributed by atoms with E-state index in [0.717, 1.165) is 29.4 Å². The monoisotopic (exact) mass is 296 g/mol. The van der Waals surface area contributed by atoms with E-state index in [1.54, 1.807) is 17.7 Å². The molecule has 0 saturated carbocycles. The summed E-state index contributed by atoms with van der Waals surface area (Å²) in [5, 5.41) is 1.20. The number of rotatable bonds is 1. The third-order valence-corrected chi connectivity index (χ3v) is 5.31. The van der Waals surface area contributed by atoms with E-state index >= 15 is 0 Å². The van der Waals surface area contributed by atoms with Crippen molar-refractivity contribution in [2.45, 2.75) is 26.9 Å². The number of thiophene rings is 1. The normalized spacial score (nSPS) is 13.9. The van der Waals surface area contributed by atoms with Gasteiger partial charge >= 0.3 is 0 Å². The molecule has 21 heavy (non-hydrogen) atoms. The summed E-state index contributed by atoms with van der Waals surface area (Å²) < 4.78 is 0. The lowest BCUT2D eigenvalue weighted by Crippen LogP contribution is -2.16. The maximum atomic E-state index is 5.89. The van der Waals surface area contributed by atoms with Crippen molar-refractivity contribution in [3.8, 4) is 0 Å². The van der Waals surface area contributed by atoms with Gasteiger partial charge in [-0.05, 0) is 42.7 Å². The van der Waals surface area contributed by atoms with Gasteiger partial charge in [-0.25, -0.2) is 9.97 Å². The number of hydrogen-bond donors (Lipinski definition) is 1.